The summed E-state index contributed by atoms with van der Waals surface area (Å²) in [6.45, 7) is 7.91. The number of hydrogen-bond donors (Lipinski definition) is 1. The van der Waals surface area contributed by atoms with Crippen LogP contribution in [0.1, 0.15) is 47.8 Å². The molecule has 5 nitrogen and oxygen atoms in total. The van der Waals surface area contributed by atoms with Gasteiger partial charge in [0.15, 0.2) is 0 Å². The van der Waals surface area contributed by atoms with Crippen molar-refractivity contribution in [2.45, 2.75) is 45.6 Å². The molecule has 0 aliphatic heterocycles. The number of imidazole rings is 1. The number of rotatable bonds is 4. The lowest BCUT2D eigenvalue weighted by molar-refractivity contribution is -0.143. The van der Waals surface area contributed by atoms with Crippen LogP contribution < -0.4 is 10.1 Å². The van der Waals surface area contributed by atoms with Gasteiger partial charge in [0.25, 0.3) is 0 Å². The maximum atomic E-state index is 13.1. The van der Waals surface area contributed by atoms with Crippen molar-refractivity contribution in [1.29, 1.82) is 0 Å². The lowest BCUT2D eigenvalue weighted by Crippen LogP contribution is -2.27. The molecule has 2 aromatic carbocycles. The number of alkyl halides is 6. The largest absolute Gasteiger partial charge is 0.423 e. The Morgan fingerprint density at radius 3 is 1.97 bits per heavy atom. The van der Waals surface area contributed by atoms with E-state index in [1.54, 1.807) is 12.1 Å². The van der Waals surface area contributed by atoms with Crippen molar-refractivity contribution in [1.82, 2.24) is 9.38 Å². The first-order valence-corrected chi connectivity index (χ1v) is 11.4. The highest BCUT2D eigenvalue weighted by atomic mass is 19.4. The lowest BCUT2D eigenvalue weighted by Gasteiger charge is -2.22. The number of aromatic nitrogens is 2. The van der Waals surface area contributed by atoms with Crippen LogP contribution in [0.3, 0.4) is 0 Å². The Kier molecular flexibility index (Phi) is 6.67. The predicted octanol–water partition coefficient (Wildman–Crippen LogP) is 7.78. The SMILES string of the molecule is Cc1ccn2c(NC(C)(C)C)c(-c3ccc(OC(=O)c4cc(C(F)(F)F)cc(C(F)(F)F)c4)cc3)nc2c1. The van der Waals surface area contributed by atoms with Crippen LogP contribution in [0, 0.1) is 6.92 Å². The highest BCUT2D eigenvalue weighted by Crippen LogP contribution is 2.37. The summed E-state index contributed by atoms with van der Waals surface area (Å²) in [5.41, 5.74) is -1.40. The summed E-state index contributed by atoms with van der Waals surface area (Å²) in [6, 6.07) is 10.4. The van der Waals surface area contributed by atoms with E-state index in [1.807, 2.05) is 50.4 Å². The van der Waals surface area contributed by atoms with E-state index in [4.69, 9.17) is 9.72 Å². The van der Waals surface area contributed by atoms with Gasteiger partial charge in [-0.05, 0) is 87.9 Å². The number of pyridine rings is 1. The van der Waals surface area contributed by atoms with Gasteiger partial charge in [-0.25, -0.2) is 9.78 Å². The van der Waals surface area contributed by atoms with Crippen LogP contribution in [0.25, 0.3) is 16.9 Å². The van der Waals surface area contributed by atoms with Gasteiger partial charge in [0.2, 0.25) is 0 Å². The number of ether oxygens (including phenoxy) is 1. The number of anilines is 1. The quantitative estimate of drug-likeness (QED) is 0.165. The van der Waals surface area contributed by atoms with E-state index in [-0.39, 0.29) is 17.4 Å². The van der Waals surface area contributed by atoms with Gasteiger partial charge >= 0.3 is 18.3 Å². The Bertz CT molecular complexity index is 1460. The highest BCUT2D eigenvalue weighted by Gasteiger charge is 2.37. The molecule has 0 aliphatic rings. The van der Waals surface area contributed by atoms with Crippen LogP contribution in [0.5, 0.6) is 5.75 Å². The van der Waals surface area contributed by atoms with E-state index < -0.39 is 35.0 Å². The maximum Gasteiger partial charge on any atom is 0.416 e. The third kappa shape index (κ3) is 5.92. The second kappa shape index (κ2) is 9.38. The predicted molar refractivity (Wildman–Crippen MR) is 130 cm³/mol. The number of nitrogens with one attached hydrogen (secondary N) is 1. The number of halogens is 6. The molecule has 0 radical (unpaired) electrons. The van der Waals surface area contributed by atoms with Gasteiger partial charge in [-0.2, -0.15) is 26.3 Å². The summed E-state index contributed by atoms with van der Waals surface area (Å²) in [4.78, 5) is 17.2. The van der Waals surface area contributed by atoms with Gasteiger partial charge in [-0.15, -0.1) is 0 Å². The standard InChI is InChI=1S/C27H23F6N3O2/c1-15-9-10-36-21(11-15)34-22(23(36)35-25(2,3)4)16-5-7-20(8-6-16)38-24(37)17-12-18(26(28,29)30)14-19(13-17)27(31,32)33/h5-14,35H,1-4H3. The third-order valence-electron chi connectivity index (χ3n) is 5.44. The molecule has 0 bridgehead atoms. The number of aryl methyl sites for hydroxylation is 1. The van der Waals surface area contributed by atoms with Crippen molar-refractivity contribution >= 4 is 17.4 Å². The van der Waals surface area contributed by atoms with Crippen molar-refractivity contribution in [3.05, 3.63) is 83.0 Å². The van der Waals surface area contributed by atoms with Gasteiger partial charge in [-0.1, -0.05) is 0 Å². The van der Waals surface area contributed by atoms with Crippen LogP contribution in [-0.2, 0) is 12.4 Å². The molecule has 200 valence electrons. The minimum absolute atomic E-state index is 0.0505. The molecule has 0 spiro atoms. The molecule has 4 rings (SSSR count). The second-order valence-corrected chi connectivity index (χ2v) is 9.82. The van der Waals surface area contributed by atoms with Crippen LogP contribution in [0.4, 0.5) is 32.2 Å². The van der Waals surface area contributed by atoms with Crippen molar-refractivity contribution in [2.75, 3.05) is 5.32 Å². The van der Waals surface area contributed by atoms with E-state index in [2.05, 4.69) is 5.32 Å². The second-order valence-electron chi connectivity index (χ2n) is 9.82. The molecule has 1 N–H and O–H groups in total. The summed E-state index contributed by atoms with van der Waals surface area (Å²) >= 11 is 0. The zero-order valence-corrected chi connectivity index (χ0v) is 20.8. The molecule has 11 heteroatoms. The minimum Gasteiger partial charge on any atom is -0.423 e. The van der Waals surface area contributed by atoms with Crippen LogP contribution in [0.15, 0.2) is 60.8 Å². The highest BCUT2D eigenvalue weighted by molar-refractivity contribution is 5.91. The Balaban J connectivity index is 1.65. The van der Waals surface area contributed by atoms with Crippen molar-refractivity contribution in [2.24, 2.45) is 0 Å². The monoisotopic (exact) mass is 535 g/mol. The average molecular weight is 535 g/mol. The molecule has 2 heterocycles. The Labute approximate surface area is 214 Å². The zero-order chi connectivity index (χ0) is 28.0. The zero-order valence-electron chi connectivity index (χ0n) is 20.8. The summed E-state index contributed by atoms with van der Waals surface area (Å²) < 4.78 is 85.8. The normalized spacial score (nSPS) is 12.6. The number of fused-ring (bicyclic) bond motifs is 1. The number of hydrogen-bond acceptors (Lipinski definition) is 4. The number of carbonyl (C=O) groups is 1. The summed E-state index contributed by atoms with van der Waals surface area (Å²) in [6.07, 6.45) is -8.28. The molecule has 0 aliphatic carbocycles. The molecule has 0 atom stereocenters. The topological polar surface area (TPSA) is 55.6 Å². The van der Waals surface area contributed by atoms with E-state index in [0.717, 1.165) is 11.4 Å². The Morgan fingerprint density at radius 2 is 1.45 bits per heavy atom. The molecule has 0 saturated carbocycles. The molecular formula is C27H23F6N3O2. The summed E-state index contributed by atoms with van der Waals surface area (Å²) in [5, 5.41) is 3.43. The molecular weight excluding hydrogens is 512 g/mol. The molecule has 0 unspecified atom stereocenters. The van der Waals surface area contributed by atoms with Gasteiger partial charge < -0.3 is 10.1 Å². The van der Waals surface area contributed by atoms with Crippen LogP contribution >= 0.6 is 0 Å². The van der Waals surface area contributed by atoms with E-state index in [0.29, 0.717) is 29.0 Å². The van der Waals surface area contributed by atoms with Crippen LogP contribution in [-0.4, -0.2) is 20.9 Å². The molecule has 0 fully saturated rings. The van der Waals surface area contributed by atoms with Gasteiger partial charge in [0.1, 0.15) is 22.9 Å². The van der Waals surface area contributed by atoms with Crippen molar-refractivity contribution < 1.29 is 35.9 Å². The number of nitrogens with zero attached hydrogens (tertiary/aromatic N) is 2. The molecule has 4 aromatic rings. The first kappa shape index (κ1) is 27.0. The first-order valence-electron chi connectivity index (χ1n) is 11.4. The van der Waals surface area contributed by atoms with Gasteiger partial charge in [0, 0.05) is 17.3 Å². The Morgan fingerprint density at radius 1 is 0.868 bits per heavy atom. The van der Waals surface area contributed by atoms with Crippen LogP contribution in [0.2, 0.25) is 0 Å². The molecule has 0 saturated heterocycles. The molecule has 0 amide bonds. The van der Waals surface area contributed by atoms with E-state index in [9.17, 15) is 31.1 Å². The Hall–Kier alpha value is -4.02. The van der Waals surface area contributed by atoms with E-state index >= 15 is 0 Å². The van der Waals surface area contributed by atoms with Gasteiger partial charge in [-0.3, -0.25) is 4.40 Å². The fourth-order valence-corrected chi connectivity index (χ4v) is 3.74. The minimum atomic E-state index is -5.08. The average Bonchev–Trinajstić information content (AvgIpc) is 3.13. The summed E-state index contributed by atoms with van der Waals surface area (Å²) in [5.74, 6) is -0.691. The molecule has 2 aromatic heterocycles. The fraction of sp³-hybridized carbons (Fsp3) is 0.259. The van der Waals surface area contributed by atoms with Crippen molar-refractivity contribution in [3.8, 4) is 17.0 Å². The lowest BCUT2D eigenvalue weighted by atomic mass is 10.0. The smallest absolute Gasteiger partial charge is 0.416 e. The number of benzene rings is 2. The maximum absolute atomic E-state index is 13.1. The van der Waals surface area contributed by atoms with Crippen molar-refractivity contribution in [3.63, 3.8) is 0 Å². The van der Waals surface area contributed by atoms with Gasteiger partial charge in [0.05, 0.1) is 16.7 Å². The van der Waals surface area contributed by atoms with E-state index in [1.165, 1.54) is 12.1 Å². The summed E-state index contributed by atoms with van der Waals surface area (Å²) in [7, 11) is 0. The third-order valence-corrected chi connectivity index (χ3v) is 5.44. The first-order chi connectivity index (χ1) is 17.5. The number of esters is 1. The fourth-order valence-electron chi connectivity index (χ4n) is 3.74. The number of carbonyl (C=O) groups excluding carboxylic acids is 1. The molecule has 38 heavy (non-hydrogen) atoms.